The van der Waals surface area contributed by atoms with Crippen molar-refractivity contribution in [3.05, 3.63) is 12.4 Å². The van der Waals surface area contributed by atoms with Gasteiger partial charge in [0.2, 0.25) is 11.9 Å². The van der Waals surface area contributed by atoms with E-state index in [9.17, 15) is 4.79 Å². The molecule has 1 N–H and O–H groups in total. The second-order valence-electron chi connectivity index (χ2n) is 5.25. The molecule has 0 bridgehead atoms. The topological polar surface area (TPSA) is 76.6 Å². The molecule has 3 heterocycles. The van der Waals surface area contributed by atoms with Crippen molar-refractivity contribution in [2.75, 3.05) is 49.7 Å². The molecular weight excluding hydrogens is 272 g/mol. The van der Waals surface area contributed by atoms with Gasteiger partial charge in [0.1, 0.15) is 0 Å². The van der Waals surface area contributed by atoms with Crippen LogP contribution in [0.4, 0.5) is 11.6 Å². The molecule has 7 heteroatoms. The minimum absolute atomic E-state index is 0.0256. The molecular formula is C14H20N4O3. The Bertz CT molecular complexity index is 468. The average molecular weight is 292 g/mol. The van der Waals surface area contributed by atoms with Crippen molar-refractivity contribution in [3.63, 3.8) is 0 Å². The Labute approximate surface area is 123 Å². The highest BCUT2D eigenvalue weighted by atomic mass is 16.5. The van der Waals surface area contributed by atoms with Crippen LogP contribution in [-0.4, -0.2) is 55.4 Å². The van der Waals surface area contributed by atoms with E-state index in [2.05, 4.69) is 20.2 Å². The minimum Gasteiger partial charge on any atom is -0.381 e. The molecule has 0 unspecified atom stereocenters. The van der Waals surface area contributed by atoms with E-state index in [-0.39, 0.29) is 11.8 Å². The van der Waals surface area contributed by atoms with Crippen LogP contribution in [0.2, 0.25) is 0 Å². The van der Waals surface area contributed by atoms with Gasteiger partial charge in [-0.05, 0) is 12.8 Å². The lowest BCUT2D eigenvalue weighted by atomic mass is 9.99. The maximum atomic E-state index is 12.1. The van der Waals surface area contributed by atoms with E-state index in [1.165, 1.54) is 0 Å². The van der Waals surface area contributed by atoms with E-state index in [1.807, 2.05) is 0 Å². The summed E-state index contributed by atoms with van der Waals surface area (Å²) in [4.78, 5) is 22.8. The predicted octanol–water partition coefficient (Wildman–Crippen LogP) is 0.678. The zero-order valence-corrected chi connectivity index (χ0v) is 12.0. The summed E-state index contributed by atoms with van der Waals surface area (Å²) in [6.45, 7) is 4.31. The van der Waals surface area contributed by atoms with Crippen LogP contribution >= 0.6 is 0 Å². The number of hydrogen-bond acceptors (Lipinski definition) is 6. The lowest BCUT2D eigenvalue weighted by Gasteiger charge is -2.26. The molecule has 2 saturated heterocycles. The quantitative estimate of drug-likeness (QED) is 0.883. The highest BCUT2D eigenvalue weighted by Crippen LogP contribution is 2.18. The van der Waals surface area contributed by atoms with Crippen molar-refractivity contribution in [2.45, 2.75) is 12.8 Å². The molecule has 2 fully saturated rings. The van der Waals surface area contributed by atoms with Gasteiger partial charge in [-0.15, -0.1) is 0 Å². The number of nitrogens with zero attached hydrogens (tertiary/aromatic N) is 3. The Balaban J connectivity index is 1.57. The van der Waals surface area contributed by atoms with Gasteiger partial charge in [-0.25, -0.2) is 9.97 Å². The molecule has 0 spiro atoms. The van der Waals surface area contributed by atoms with E-state index in [0.717, 1.165) is 25.9 Å². The van der Waals surface area contributed by atoms with E-state index in [0.29, 0.717) is 38.1 Å². The average Bonchev–Trinajstić information content (AvgIpc) is 2.57. The Morgan fingerprint density at radius 1 is 1.10 bits per heavy atom. The van der Waals surface area contributed by atoms with Gasteiger partial charge < -0.3 is 19.7 Å². The van der Waals surface area contributed by atoms with E-state index < -0.39 is 0 Å². The van der Waals surface area contributed by atoms with Crippen molar-refractivity contribution in [3.8, 4) is 0 Å². The maximum absolute atomic E-state index is 12.1. The van der Waals surface area contributed by atoms with Crippen LogP contribution in [-0.2, 0) is 14.3 Å². The largest absolute Gasteiger partial charge is 0.381 e. The second-order valence-corrected chi connectivity index (χ2v) is 5.25. The molecule has 1 aromatic rings. The van der Waals surface area contributed by atoms with Gasteiger partial charge in [0, 0.05) is 32.2 Å². The first-order chi connectivity index (χ1) is 10.3. The molecule has 114 valence electrons. The SMILES string of the molecule is O=C(Nc1cnc(N2CCOCC2)nc1)C1CCOCC1. The summed E-state index contributed by atoms with van der Waals surface area (Å²) in [6.07, 6.45) is 4.88. The minimum atomic E-state index is 0.0256. The van der Waals surface area contributed by atoms with Gasteiger partial charge in [0.05, 0.1) is 31.3 Å². The molecule has 2 aliphatic rings. The first-order valence-electron chi connectivity index (χ1n) is 7.36. The Morgan fingerprint density at radius 3 is 2.38 bits per heavy atom. The summed E-state index contributed by atoms with van der Waals surface area (Å²) in [6, 6.07) is 0. The van der Waals surface area contributed by atoms with Crippen molar-refractivity contribution in [1.29, 1.82) is 0 Å². The number of aromatic nitrogens is 2. The summed E-state index contributed by atoms with van der Waals surface area (Å²) in [5.41, 5.74) is 0.642. The first-order valence-corrected chi connectivity index (χ1v) is 7.36. The number of nitrogens with one attached hydrogen (secondary N) is 1. The molecule has 0 atom stereocenters. The molecule has 2 aliphatic heterocycles. The third-order valence-corrected chi connectivity index (χ3v) is 3.79. The van der Waals surface area contributed by atoms with Crippen LogP contribution in [0.1, 0.15) is 12.8 Å². The van der Waals surface area contributed by atoms with Crippen LogP contribution in [0.15, 0.2) is 12.4 Å². The van der Waals surface area contributed by atoms with E-state index in [4.69, 9.17) is 9.47 Å². The number of morpholine rings is 1. The fraction of sp³-hybridized carbons (Fsp3) is 0.643. The third-order valence-electron chi connectivity index (χ3n) is 3.79. The van der Waals surface area contributed by atoms with Crippen molar-refractivity contribution >= 4 is 17.5 Å². The summed E-state index contributed by atoms with van der Waals surface area (Å²) >= 11 is 0. The number of hydrogen-bond donors (Lipinski definition) is 1. The van der Waals surface area contributed by atoms with Crippen LogP contribution in [0.3, 0.4) is 0 Å². The van der Waals surface area contributed by atoms with Gasteiger partial charge in [-0.3, -0.25) is 4.79 Å². The van der Waals surface area contributed by atoms with Crippen LogP contribution in [0.5, 0.6) is 0 Å². The summed E-state index contributed by atoms with van der Waals surface area (Å²) in [5, 5.41) is 2.88. The molecule has 0 saturated carbocycles. The Hall–Kier alpha value is -1.73. The Morgan fingerprint density at radius 2 is 1.71 bits per heavy atom. The lowest BCUT2D eigenvalue weighted by molar-refractivity contribution is -0.122. The lowest BCUT2D eigenvalue weighted by Crippen LogP contribution is -2.37. The number of carbonyl (C=O) groups is 1. The van der Waals surface area contributed by atoms with Crippen LogP contribution in [0.25, 0.3) is 0 Å². The zero-order chi connectivity index (χ0) is 14.5. The molecule has 0 radical (unpaired) electrons. The standard InChI is InChI=1S/C14H20N4O3/c19-13(11-1-5-20-6-2-11)17-12-9-15-14(16-10-12)18-3-7-21-8-4-18/h9-11H,1-8H2,(H,17,19). The predicted molar refractivity (Wildman–Crippen MR) is 77.2 cm³/mol. The number of rotatable bonds is 3. The third kappa shape index (κ3) is 3.68. The van der Waals surface area contributed by atoms with Crippen molar-refractivity contribution < 1.29 is 14.3 Å². The molecule has 1 amide bonds. The van der Waals surface area contributed by atoms with E-state index >= 15 is 0 Å². The summed E-state index contributed by atoms with van der Waals surface area (Å²) < 4.78 is 10.6. The van der Waals surface area contributed by atoms with Gasteiger partial charge in [-0.1, -0.05) is 0 Å². The van der Waals surface area contributed by atoms with Crippen LogP contribution < -0.4 is 10.2 Å². The fourth-order valence-corrected chi connectivity index (χ4v) is 2.52. The zero-order valence-electron chi connectivity index (χ0n) is 12.0. The Kier molecular flexibility index (Phi) is 4.62. The summed E-state index contributed by atoms with van der Waals surface area (Å²) in [5.74, 6) is 0.737. The highest BCUT2D eigenvalue weighted by Gasteiger charge is 2.22. The summed E-state index contributed by atoms with van der Waals surface area (Å²) in [7, 11) is 0. The van der Waals surface area contributed by atoms with Crippen molar-refractivity contribution in [2.24, 2.45) is 5.92 Å². The molecule has 3 rings (SSSR count). The normalized spacial score (nSPS) is 20.3. The van der Waals surface area contributed by atoms with Crippen LogP contribution in [0, 0.1) is 5.92 Å². The number of amides is 1. The maximum Gasteiger partial charge on any atom is 0.227 e. The fourth-order valence-electron chi connectivity index (χ4n) is 2.52. The molecule has 1 aromatic heterocycles. The molecule has 7 nitrogen and oxygen atoms in total. The van der Waals surface area contributed by atoms with Gasteiger partial charge in [0.25, 0.3) is 0 Å². The molecule has 0 aromatic carbocycles. The number of anilines is 2. The highest BCUT2D eigenvalue weighted by molar-refractivity contribution is 5.92. The van der Waals surface area contributed by atoms with Crippen molar-refractivity contribution in [1.82, 2.24) is 9.97 Å². The first kappa shape index (κ1) is 14.2. The molecule has 0 aliphatic carbocycles. The number of carbonyl (C=O) groups excluding carboxylic acids is 1. The monoisotopic (exact) mass is 292 g/mol. The van der Waals surface area contributed by atoms with Gasteiger partial charge in [0.15, 0.2) is 0 Å². The van der Waals surface area contributed by atoms with Gasteiger partial charge in [-0.2, -0.15) is 0 Å². The molecule has 21 heavy (non-hydrogen) atoms. The van der Waals surface area contributed by atoms with Gasteiger partial charge >= 0.3 is 0 Å². The van der Waals surface area contributed by atoms with E-state index in [1.54, 1.807) is 12.4 Å². The smallest absolute Gasteiger partial charge is 0.227 e. The number of ether oxygens (including phenoxy) is 2. The second kappa shape index (κ2) is 6.82.